The van der Waals surface area contributed by atoms with Crippen LogP contribution in [0.4, 0.5) is 5.82 Å². The van der Waals surface area contributed by atoms with Crippen LogP contribution in [-0.2, 0) is 12.8 Å². The summed E-state index contributed by atoms with van der Waals surface area (Å²) in [5, 5.41) is 11.9. The average molecular weight is 461 g/mol. The summed E-state index contributed by atoms with van der Waals surface area (Å²) < 4.78 is 0. The lowest BCUT2D eigenvalue weighted by atomic mass is 9.98. The van der Waals surface area contributed by atoms with E-state index in [9.17, 15) is 4.79 Å². The molecule has 2 N–H and O–H groups in total. The van der Waals surface area contributed by atoms with Crippen molar-refractivity contribution in [2.75, 3.05) is 18.4 Å². The molecular weight excluding hydrogens is 432 g/mol. The molecule has 6 heteroatoms. The number of nitrogens with one attached hydrogen (secondary N) is 2. The Morgan fingerprint density at radius 2 is 1.67 bits per heavy atom. The summed E-state index contributed by atoms with van der Waals surface area (Å²) in [7, 11) is 0. The van der Waals surface area contributed by atoms with Crippen molar-refractivity contribution in [3.63, 3.8) is 0 Å². The van der Waals surface area contributed by atoms with Gasteiger partial charge in [-0.05, 0) is 55.0 Å². The number of rotatable bonds is 6. The zero-order chi connectivity index (χ0) is 23.0. The molecule has 1 aliphatic heterocycles. The molecule has 0 spiro atoms. The fourth-order valence-electron chi connectivity index (χ4n) is 4.18. The van der Waals surface area contributed by atoms with Crippen molar-refractivity contribution in [2.45, 2.75) is 38.5 Å². The number of aromatic nitrogens is 1. The van der Waals surface area contributed by atoms with Gasteiger partial charge in [0.2, 0.25) is 0 Å². The molecule has 5 nitrogen and oxygen atoms in total. The minimum Gasteiger partial charge on any atom is -0.357 e. The quantitative estimate of drug-likeness (QED) is 0.351. The first-order valence-corrected chi connectivity index (χ1v) is 11.9. The standard InChI is InChI=1S/C27H29ClN4O/c28-23-15-16-25(30-19-23)31-27(33)24-8-4-3-7-21(24)12-9-20-10-13-22(14-11-20)26(29)32-17-5-1-2-6-18-32/h3-4,7-8,10-11,13-16,19,29H,1-2,5-6,9,12,17-18H2,(H,30,31,33). The summed E-state index contributed by atoms with van der Waals surface area (Å²) in [5.41, 5.74) is 3.80. The molecule has 1 saturated heterocycles. The first-order valence-electron chi connectivity index (χ1n) is 11.5. The summed E-state index contributed by atoms with van der Waals surface area (Å²) in [5.74, 6) is 0.921. The van der Waals surface area contributed by atoms with Crippen molar-refractivity contribution in [1.82, 2.24) is 9.88 Å². The smallest absolute Gasteiger partial charge is 0.257 e. The van der Waals surface area contributed by atoms with Gasteiger partial charge in [-0.3, -0.25) is 10.2 Å². The Labute approximate surface area is 200 Å². The maximum atomic E-state index is 12.8. The first-order chi connectivity index (χ1) is 16.1. The number of aryl methyl sites for hydroxylation is 2. The number of anilines is 1. The van der Waals surface area contributed by atoms with Crippen LogP contribution in [0, 0.1) is 5.41 Å². The Morgan fingerprint density at radius 1 is 0.939 bits per heavy atom. The second kappa shape index (κ2) is 11.1. The van der Waals surface area contributed by atoms with E-state index in [1.807, 2.05) is 36.4 Å². The fraction of sp³-hybridized carbons (Fsp3) is 0.296. The van der Waals surface area contributed by atoms with Gasteiger partial charge in [-0.15, -0.1) is 0 Å². The summed E-state index contributed by atoms with van der Waals surface area (Å²) in [6.07, 6.45) is 7.95. The van der Waals surface area contributed by atoms with Crippen molar-refractivity contribution < 1.29 is 4.79 Å². The van der Waals surface area contributed by atoms with Gasteiger partial charge in [-0.1, -0.05) is 66.9 Å². The predicted octanol–water partition coefficient (Wildman–Crippen LogP) is 5.97. The minimum absolute atomic E-state index is 0.179. The molecule has 2 aromatic carbocycles. The lowest BCUT2D eigenvalue weighted by Crippen LogP contribution is -2.31. The van der Waals surface area contributed by atoms with E-state index in [1.165, 1.54) is 37.4 Å². The molecule has 0 saturated carbocycles. The van der Waals surface area contributed by atoms with Crippen LogP contribution in [0.2, 0.25) is 5.02 Å². The third kappa shape index (κ3) is 6.20. The van der Waals surface area contributed by atoms with E-state index in [0.29, 0.717) is 22.2 Å². The summed E-state index contributed by atoms with van der Waals surface area (Å²) in [6, 6.07) is 19.3. The van der Waals surface area contributed by atoms with Crippen LogP contribution < -0.4 is 5.32 Å². The predicted molar refractivity (Wildman–Crippen MR) is 134 cm³/mol. The van der Waals surface area contributed by atoms with E-state index < -0.39 is 0 Å². The van der Waals surface area contributed by atoms with Gasteiger partial charge in [0.25, 0.3) is 5.91 Å². The van der Waals surface area contributed by atoms with Crippen LogP contribution in [0.25, 0.3) is 0 Å². The molecule has 0 aliphatic carbocycles. The highest BCUT2D eigenvalue weighted by Crippen LogP contribution is 2.18. The monoisotopic (exact) mass is 460 g/mol. The Balaban J connectivity index is 1.38. The zero-order valence-corrected chi connectivity index (χ0v) is 19.4. The molecule has 2 heterocycles. The summed E-state index contributed by atoms with van der Waals surface area (Å²) in [6.45, 7) is 1.95. The molecule has 0 atom stereocenters. The van der Waals surface area contributed by atoms with Crippen molar-refractivity contribution >= 4 is 29.2 Å². The Morgan fingerprint density at radius 3 is 2.36 bits per heavy atom. The Hall–Kier alpha value is -3.18. The SMILES string of the molecule is N=C(c1ccc(CCc2ccccc2C(=O)Nc2ccc(Cl)cn2)cc1)N1CCCCCC1. The number of pyridine rings is 1. The van der Waals surface area contributed by atoms with E-state index in [2.05, 4.69) is 27.3 Å². The van der Waals surface area contributed by atoms with Crippen LogP contribution in [-0.4, -0.2) is 34.7 Å². The van der Waals surface area contributed by atoms with Gasteiger partial charge < -0.3 is 10.2 Å². The van der Waals surface area contributed by atoms with Crippen molar-refractivity contribution in [2.24, 2.45) is 0 Å². The fourth-order valence-corrected chi connectivity index (χ4v) is 4.29. The van der Waals surface area contributed by atoms with E-state index in [1.54, 1.807) is 12.1 Å². The van der Waals surface area contributed by atoms with Gasteiger partial charge in [0, 0.05) is 30.4 Å². The molecule has 0 unspecified atom stereocenters. The maximum absolute atomic E-state index is 12.8. The van der Waals surface area contributed by atoms with Crippen molar-refractivity contribution in [1.29, 1.82) is 5.41 Å². The van der Waals surface area contributed by atoms with Crippen molar-refractivity contribution in [3.8, 4) is 0 Å². The van der Waals surface area contributed by atoms with Gasteiger partial charge in [0.05, 0.1) is 5.02 Å². The van der Waals surface area contributed by atoms with E-state index in [-0.39, 0.29) is 5.91 Å². The van der Waals surface area contributed by atoms with Gasteiger partial charge >= 0.3 is 0 Å². The number of hydrogen-bond acceptors (Lipinski definition) is 3. The Kier molecular flexibility index (Phi) is 7.74. The lowest BCUT2D eigenvalue weighted by Gasteiger charge is -2.23. The molecule has 1 amide bonds. The highest BCUT2D eigenvalue weighted by atomic mass is 35.5. The van der Waals surface area contributed by atoms with Gasteiger partial charge in [0.15, 0.2) is 0 Å². The van der Waals surface area contributed by atoms with Crippen molar-refractivity contribution in [3.05, 3.63) is 94.1 Å². The maximum Gasteiger partial charge on any atom is 0.257 e. The summed E-state index contributed by atoms with van der Waals surface area (Å²) >= 11 is 5.87. The number of likely N-dealkylation sites (tertiary alicyclic amines) is 1. The topological polar surface area (TPSA) is 69.1 Å². The minimum atomic E-state index is -0.179. The molecule has 170 valence electrons. The molecule has 4 rings (SSSR count). The third-order valence-corrected chi connectivity index (χ3v) is 6.29. The number of carbonyl (C=O) groups is 1. The summed E-state index contributed by atoms with van der Waals surface area (Å²) in [4.78, 5) is 19.2. The number of halogens is 1. The second-order valence-corrected chi connectivity index (χ2v) is 8.86. The molecule has 1 fully saturated rings. The van der Waals surface area contributed by atoms with Crippen LogP contribution in [0.5, 0.6) is 0 Å². The highest BCUT2D eigenvalue weighted by molar-refractivity contribution is 6.30. The molecule has 0 radical (unpaired) electrons. The molecule has 3 aromatic rings. The third-order valence-electron chi connectivity index (χ3n) is 6.06. The van der Waals surface area contributed by atoms with Gasteiger partial charge in [-0.25, -0.2) is 4.98 Å². The first kappa shape index (κ1) is 23.0. The number of amidine groups is 1. The van der Waals surface area contributed by atoms with E-state index in [4.69, 9.17) is 17.0 Å². The zero-order valence-electron chi connectivity index (χ0n) is 18.7. The molecular formula is C27H29ClN4O. The number of nitrogens with zero attached hydrogens (tertiary/aromatic N) is 2. The average Bonchev–Trinajstić information content (AvgIpc) is 3.14. The Bertz CT molecular complexity index is 1090. The lowest BCUT2D eigenvalue weighted by molar-refractivity contribution is 0.102. The van der Waals surface area contributed by atoms with Crippen LogP contribution in [0.1, 0.15) is 52.7 Å². The van der Waals surface area contributed by atoms with E-state index >= 15 is 0 Å². The molecule has 1 aliphatic rings. The number of amides is 1. The van der Waals surface area contributed by atoms with Crippen LogP contribution in [0.15, 0.2) is 66.9 Å². The number of hydrogen-bond donors (Lipinski definition) is 2. The van der Waals surface area contributed by atoms with Gasteiger partial charge in [-0.2, -0.15) is 0 Å². The number of carbonyl (C=O) groups excluding carboxylic acids is 1. The largest absolute Gasteiger partial charge is 0.357 e. The van der Waals surface area contributed by atoms with E-state index in [0.717, 1.165) is 37.1 Å². The highest BCUT2D eigenvalue weighted by Gasteiger charge is 2.15. The second-order valence-electron chi connectivity index (χ2n) is 8.42. The molecule has 1 aromatic heterocycles. The van der Waals surface area contributed by atoms with Gasteiger partial charge in [0.1, 0.15) is 11.7 Å². The van der Waals surface area contributed by atoms with Crippen LogP contribution in [0.3, 0.4) is 0 Å². The van der Waals surface area contributed by atoms with Crippen LogP contribution >= 0.6 is 11.6 Å². The number of benzene rings is 2. The molecule has 33 heavy (non-hydrogen) atoms. The molecule has 0 bridgehead atoms. The normalized spacial score (nSPS) is 13.9.